The molecule has 0 aromatic heterocycles. The lowest BCUT2D eigenvalue weighted by molar-refractivity contribution is -0.139. The minimum atomic E-state index is -0.466. The van der Waals surface area contributed by atoms with Crippen molar-refractivity contribution in [3.05, 3.63) is 35.9 Å². The van der Waals surface area contributed by atoms with Crippen LogP contribution < -0.4 is 5.32 Å². The van der Waals surface area contributed by atoms with E-state index in [1.165, 1.54) is 0 Å². The van der Waals surface area contributed by atoms with Gasteiger partial charge in [-0.2, -0.15) is 0 Å². The first kappa shape index (κ1) is 14.1. The lowest BCUT2D eigenvalue weighted by Crippen LogP contribution is -2.59. The summed E-state index contributed by atoms with van der Waals surface area (Å²) in [4.78, 5) is 14.9. The largest absolute Gasteiger partial charge is 0.336 e. The summed E-state index contributed by atoms with van der Waals surface area (Å²) in [7, 11) is 0. The highest BCUT2D eigenvalue weighted by molar-refractivity contribution is 5.87. The van der Waals surface area contributed by atoms with E-state index < -0.39 is 5.41 Å². The Kier molecular flexibility index (Phi) is 3.95. The van der Waals surface area contributed by atoms with Gasteiger partial charge in [-0.3, -0.25) is 4.79 Å². The zero-order chi connectivity index (χ0) is 14.0. The third-order valence-corrected chi connectivity index (χ3v) is 4.06. The standard InChI is InChI=1S/C16H24N2O/c1-12-11-18(13(2)10-17-12)15(19)16(3,4)14-8-6-5-7-9-14/h5-9,12-13,17H,10-11H2,1-4H3. The van der Waals surface area contributed by atoms with E-state index in [4.69, 9.17) is 0 Å². The Morgan fingerprint density at radius 2 is 1.89 bits per heavy atom. The molecule has 0 radical (unpaired) electrons. The molecule has 19 heavy (non-hydrogen) atoms. The molecule has 3 nitrogen and oxygen atoms in total. The molecule has 2 atom stereocenters. The van der Waals surface area contributed by atoms with Gasteiger partial charge < -0.3 is 10.2 Å². The molecule has 2 rings (SSSR count). The quantitative estimate of drug-likeness (QED) is 0.884. The average molecular weight is 260 g/mol. The van der Waals surface area contributed by atoms with Gasteiger partial charge in [0.05, 0.1) is 5.41 Å². The topological polar surface area (TPSA) is 32.3 Å². The summed E-state index contributed by atoms with van der Waals surface area (Å²) in [6.07, 6.45) is 0. The average Bonchev–Trinajstić information content (AvgIpc) is 2.41. The maximum atomic E-state index is 12.9. The second-order valence-corrected chi connectivity index (χ2v) is 6.11. The van der Waals surface area contributed by atoms with Crippen LogP contribution in [0.15, 0.2) is 30.3 Å². The predicted octanol–water partition coefficient (Wildman–Crippen LogP) is 2.17. The van der Waals surface area contributed by atoms with Crippen molar-refractivity contribution in [2.45, 2.75) is 45.2 Å². The summed E-state index contributed by atoms with van der Waals surface area (Å²) < 4.78 is 0. The third kappa shape index (κ3) is 2.81. The number of benzene rings is 1. The van der Waals surface area contributed by atoms with Gasteiger partial charge in [0, 0.05) is 25.2 Å². The van der Waals surface area contributed by atoms with Gasteiger partial charge in [-0.25, -0.2) is 0 Å². The van der Waals surface area contributed by atoms with Crippen LogP contribution >= 0.6 is 0 Å². The van der Waals surface area contributed by atoms with Gasteiger partial charge in [-0.1, -0.05) is 30.3 Å². The minimum Gasteiger partial charge on any atom is -0.336 e. The highest BCUT2D eigenvalue weighted by Crippen LogP contribution is 2.27. The second-order valence-electron chi connectivity index (χ2n) is 6.11. The molecule has 1 aliphatic heterocycles. The summed E-state index contributed by atoms with van der Waals surface area (Å²) in [6, 6.07) is 10.7. The first-order valence-electron chi connectivity index (χ1n) is 7.03. The van der Waals surface area contributed by atoms with E-state index in [1.54, 1.807) is 0 Å². The van der Waals surface area contributed by atoms with Crippen molar-refractivity contribution in [1.29, 1.82) is 0 Å². The number of hydrogen-bond acceptors (Lipinski definition) is 2. The third-order valence-electron chi connectivity index (χ3n) is 4.06. The Labute approximate surface area is 116 Å². The summed E-state index contributed by atoms with van der Waals surface area (Å²) in [6.45, 7) is 9.93. The molecule has 0 spiro atoms. The van der Waals surface area contributed by atoms with Crippen LogP contribution in [0.5, 0.6) is 0 Å². The van der Waals surface area contributed by atoms with Gasteiger partial charge in [-0.05, 0) is 33.3 Å². The van der Waals surface area contributed by atoms with Crippen molar-refractivity contribution in [3.8, 4) is 0 Å². The minimum absolute atomic E-state index is 0.222. The van der Waals surface area contributed by atoms with Crippen molar-refractivity contribution in [3.63, 3.8) is 0 Å². The van der Waals surface area contributed by atoms with Crippen LogP contribution in [0, 0.1) is 0 Å². The Balaban J connectivity index is 2.22. The number of amides is 1. The van der Waals surface area contributed by atoms with E-state index in [0.717, 1.165) is 18.7 Å². The van der Waals surface area contributed by atoms with Gasteiger partial charge in [0.25, 0.3) is 0 Å². The van der Waals surface area contributed by atoms with Gasteiger partial charge in [0.15, 0.2) is 0 Å². The number of rotatable bonds is 2. The van der Waals surface area contributed by atoms with Gasteiger partial charge >= 0.3 is 0 Å². The number of piperazine rings is 1. The highest BCUT2D eigenvalue weighted by Gasteiger charge is 2.37. The van der Waals surface area contributed by atoms with Crippen LogP contribution in [0.1, 0.15) is 33.3 Å². The number of carbonyl (C=O) groups excluding carboxylic acids is 1. The number of nitrogens with zero attached hydrogens (tertiary/aromatic N) is 1. The predicted molar refractivity (Wildman–Crippen MR) is 78.1 cm³/mol. The van der Waals surface area contributed by atoms with Crippen LogP contribution in [0.4, 0.5) is 0 Å². The van der Waals surface area contributed by atoms with Gasteiger partial charge in [-0.15, -0.1) is 0 Å². The zero-order valence-corrected chi connectivity index (χ0v) is 12.3. The van der Waals surface area contributed by atoms with Crippen molar-refractivity contribution in [2.24, 2.45) is 0 Å². The molecule has 1 aromatic rings. The number of nitrogens with one attached hydrogen (secondary N) is 1. The molecular formula is C16H24N2O. The Morgan fingerprint density at radius 1 is 1.26 bits per heavy atom. The van der Waals surface area contributed by atoms with Crippen LogP contribution in [0.2, 0.25) is 0 Å². The van der Waals surface area contributed by atoms with Gasteiger partial charge in [0.2, 0.25) is 5.91 Å². The first-order chi connectivity index (χ1) is 8.93. The molecule has 1 heterocycles. The molecule has 1 amide bonds. The molecule has 0 bridgehead atoms. The Bertz CT molecular complexity index is 441. The molecule has 2 unspecified atom stereocenters. The molecule has 1 aromatic carbocycles. The van der Waals surface area contributed by atoms with Crippen LogP contribution in [0.25, 0.3) is 0 Å². The molecule has 1 N–H and O–H groups in total. The summed E-state index contributed by atoms with van der Waals surface area (Å²) in [5, 5.41) is 3.41. The molecule has 1 saturated heterocycles. The molecule has 3 heteroatoms. The van der Waals surface area contributed by atoms with Gasteiger partial charge in [0.1, 0.15) is 0 Å². The maximum Gasteiger partial charge on any atom is 0.232 e. The summed E-state index contributed by atoms with van der Waals surface area (Å²) in [5.74, 6) is 0.222. The Hall–Kier alpha value is -1.35. The first-order valence-corrected chi connectivity index (χ1v) is 7.03. The molecular weight excluding hydrogens is 236 g/mol. The second kappa shape index (κ2) is 5.33. The normalized spacial score (nSPS) is 24.3. The lowest BCUT2D eigenvalue weighted by atomic mass is 9.82. The number of hydrogen-bond donors (Lipinski definition) is 1. The smallest absolute Gasteiger partial charge is 0.232 e. The van der Waals surface area contributed by atoms with E-state index in [9.17, 15) is 4.79 Å². The van der Waals surface area contributed by atoms with E-state index in [0.29, 0.717) is 6.04 Å². The summed E-state index contributed by atoms with van der Waals surface area (Å²) in [5.41, 5.74) is 0.616. The molecule has 1 aliphatic rings. The lowest BCUT2D eigenvalue weighted by Gasteiger charge is -2.41. The van der Waals surface area contributed by atoms with E-state index in [-0.39, 0.29) is 11.9 Å². The highest BCUT2D eigenvalue weighted by atomic mass is 16.2. The monoisotopic (exact) mass is 260 g/mol. The van der Waals surface area contributed by atoms with E-state index in [1.807, 2.05) is 49.1 Å². The fraction of sp³-hybridized carbons (Fsp3) is 0.562. The number of carbonyl (C=O) groups is 1. The fourth-order valence-corrected chi connectivity index (χ4v) is 2.64. The molecule has 0 aliphatic carbocycles. The van der Waals surface area contributed by atoms with Crippen molar-refractivity contribution in [1.82, 2.24) is 10.2 Å². The maximum absolute atomic E-state index is 12.9. The van der Waals surface area contributed by atoms with E-state index >= 15 is 0 Å². The Morgan fingerprint density at radius 3 is 2.53 bits per heavy atom. The van der Waals surface area contributed by atoms with Crippen molar-refractivity contribution < 1.29 is 4.79 Å². The van der Waals surface area contributed by atoms with Crippen LogP contribution in [-0.2, 0) is 10.2 Å². The van der Waals surface area contributed by atoms with Crippen molar-refractivity contribution in [2.75, 3.05) is 13.1 Å². The fourth-order valence-electron chi connectivity index (χ4n) is 2.64. The van der Waals surface area contributed by atoms with Crippen molar-refractivity contribution >= 4 is 5.91 Å². The van der Waals surface area contributed by atoms with Crippen LogP contribution in [0.3, 0.4) is 0 Å². The molecule has 0 saturated carbocycles. The zero-order valence-electron chi connectivity index (χ0n) is 12.3. The van der Waals surface area contributed by atoms with Crippen LogP contribution in [-0.4, -0.2) is 36.0 Å². The molecule has 1 fully saturated rings. The molecule has 104 valence electrons. The SMILES string of the molecule is CC1CN(C(=O)C(C)(C)c2ccccc2)C(C)CN1. The van der Waals surface area contributed by atoms with E-state index in [2.05, 4.69) is 19.2 Å². The summed E-state index contributed by atoms with van der Waals surface area (Å²) >= 11 is 0.